The summed E-state index contributed by atoms with van der Waals surface area (Å²) in [5, 5.41) is 3.16. The molecule has 0 aliphatic heterocycles. The second kappa shape index (κ2) is 4.62. The van der Waals surface area contributed by atoms with Crippen LogP contribution in [-0.4, -0.2) is 16.6 Å². The third kappa shape index (κ3) is 2.36. The van der Waals surface area contributed by atoms with E-state index in [4.69, 9.17) is 9.15 Å². The number of nitrogens with one attached hydrogen (secondary N) is 1. The summed E-state index contributed by atoms with van der Waals surface area (Å²) in [6, 6.07) is 13.9. The molecule has 0 radical (unpaired) electrons. The fourth-order valence-electron chi connectivity index (χ4n) is 2.81. The van der Waals surface area contributed by atoms with E-state index in [-0.39, 0.29) is 5.76 Å². The smallest absolute Gasteiger partial charge is 0.374 e. The second-order valence-corrected chi connectivity index (χ2v) is 6.72. The van der Waals surface area contributed by atoms with Crippen LogP contribution < -0.4 is 0 Å². The van der Waals surface area contributed by atoms with E-state index >= 15 is 0 Å². The minimum absolute atomic E-state index is 0.229. The normalized spacial score (nSPS) is 12.3. The molecule has 0 fully saturated rings. The number of benzene rings is 2. The van der Waals surface area contributed by atoms with E-state index in [1.807, 2.05) is 51.1 Å². The summed E-state index contributed by atoms with van der Waals surface area (Å²) < 4.78 is 11.0. The first kappa shape index (κ1) is 13.9. The lowest BCUT2D eigenvalue weighted by molar-refractivity contribution is 0.00382. The maximum Gasteiger partial charge on any atom is 0.374 e. The average molecular weight is 307 g/mol. The van der Waals surface area contributed by atoms with Crippen LogP contribution in [0.1, 0.15) is 31.3 Å². The van der Waals surface area contributed by atoms with Crippen molar-refractivity contribution in [3.05, 3.63) is 48.2 Å². The predicted molar refractivity (Wildman–Crippen MR) is 90.7 cm³/mol. The van der Waals surface area contributed by atoms with Gasteiger partial charge in [-0.1, -0.05) is 18.2 Å². The van der Waals surface area contributed by atoms with Crippen LogP contribution in [0.15, 0.2) is 46.9 Å². The number of aromatic nitrogens is 1. The third-order valence-electron chi connectivity index (χ3n) is 3.74. The fourth-order valence-corrected chi connectivity index (χ4v) is 2.81. The highest BCUT2D eigenvalue weighted by atomic mass is 16.6. The first-order valence-electron chi connectivity index (χ1n) is 7.58. The largest absolute Gasteiger partial charge is 0.454 e. The quantitative estimate of drug-likeness (QED) is 0.502. The Balaban J connectivity index is 1.86. The number of ether oxygens (including phenoxy) is 1. The maximum absolute atomic E-state index is 12.2. The van der Waals surface area contributed by atoms with E-state index in [1.54, 1.807) is 6.07 Å². The summed E-state index contributed by atoms with van der Waals surface area (Å²) in [6.07, 6.45) is 0. The Labute approximate surface area is 133 Å². The van der Waals surface area contributed by atoms with Gasteiger partial charge in [-0.25, -0.2) is 4.79 Å². The van der Waals surface area contributed by atoms with Crippen LogP contribution in [0.2, 0.25) is 0 Å². The van der Waals surface area contributed by atoms with Crippen molar-refractivity contribution in [2.24, 2.45) is 0 Å². The van der Waals surface area contributed by atoms with Crippen LogP contribution in [0.4, 0.5) is 0 Å². The first-order chi connectivity index (χ1) is 10.9. The van der Waals surface area contributed by atoms with Crippen molar-refractivity contribution >= 4 is 38.7 Å². The van der Waals surface area contributed by atoms with E-state index < -0.39 is 11.6 Å². The molecule has 0 bridgehead atoms. The Kier molecular flexibility index (Phi) is 2.79. The highest BCUT2D eigenvalue weighted by Crippen LogP contribution is 2.31. The second-order valence-electron chi connectivity index (χ2n) is 6.72. The van der Waals surface area contributed by atoms with Crippen LogP contribution in [0.25, 0.3) is 32.8 Å². The summed E-state index contributed by atoms with van der Waals surface area (Å²) in [5.74, 6) is -0.214. The number of esters is 1. The summed E-state index contributed by atoms with van der Waals surface area (Å²) in [6.45, 7) is 5.51. The highest BCUT2D eigenvalue weighted by Gasteiger charge is 2.21. The van der Waals surface area contributed by atoms with Crippen molar-refractivity contribution in [1.29, 1.82) is 0 Å². The van der Waals surface area contributed by atoms with Crippen LogP contribution in [0, 0.1) is 0 Å². The van der Waals surface area contributed by atoms with Crippen molar-refractivity contribution < 1.29 is 13.9 Å². The Morgan fingerprint density at radius 2 is 1.83 bits per heavy atom. The van der Waals surface area contributed by atoms with Crippen LogP contribution >= 0.6 is 0 Å². The van der Waals surface area contributed by atoms with Crippen molar-refractivity contribution in [1.82, 2.24) is 4.98 Å². The lowest BCUT2D eigenvalue weighted by atomic mass is 10.1. The third-order valence-corrected chi connectivity index (χ3v) is 3.74. The molecule has 0 spiro atoms. The number of aromatic amines is 1. The van der Waals surface area contributed by atoms with Gasteiger partial charge in [0, 0.05) is 27.7 Å². The van der Waals surface area contributed by atoms with Gasteiger partial charge in [0.15, 0.2) is 0 Å². The van der Waals surface area contributed by atoms with Gasteiger partial charge in [0.05, 0.1) is 5.52 Å². The van der Waals surface area contributed by atoms with Crippen LogP contribution in [-0.2, 0) is 4.74 Å². The highest BCUT2D eigenvalue weighted by molar-refractivity contribution is 6.11. The Bertz CT molecular complexity index is 1050. The van der Waals surface area contributed by atoms with Gasteiger partial charge in [-0.05, 0) is 39.0 Å². The molecule has 2 aromatic heterocycles. The number of rotatable bonds is 1. The Hall–Kier alpha value is -2.75. The zero-order valence-electron chi connectivity index (χ0n) is 13.3. The standard InChI is InChI=1S/C19H17NO3/c1-19(2,3)23-18(21)17-9-11-8-13-12-6-4-5-7-14(12)20-15(13)10-16(11)22-17/h4-10,20H,1-3H3. The van der Waals surface area contributed by atoms with Crippen LogP contribution in [0.3, 0.4) is 0 Å². The molecule has 0 atom stereocenters. The summed E-state index contributed by atoms with van der Waals surface area (Å²) >= 11 is 0. The number of hydrogen-bond donors (Lipinski definition) is 1. The van der Waals surface area contributed by atoms with Gasteiger partial charge < -0.3 is 14.1 Å². The van der Waals surface area contributed by atoms with Crippen molar-refractivity contribution in [2.75, 3.05) is 0 Å². The van der Waals surface area contributed by atoms with E-state index in [2.05, 4.69) is 11.1 Å². The molecule has 2 heterocycles. The maximum atomic E-state index is 12.2. The zero-order valence-corrected chi connectivity index (χ0v) is 13.3. The topological polar surface area (TPSA) is 55.2 Å². The Morgan fingerprint density at radius 3 is 2.61 bits per heavy atom. The number of carbonyl (C=O) groups excluding carboxylic acids is 1. The van der Waals surface area contributed by atoms with Gasteiger partial charge in [-0.3, -0.25) is 0 Å². The first-order valence-corrected chi connectivity index (χ1v) is 7.58. The minimum Gasteiger partial charge on any atom is -0.454 e. The van der Waals surface area contributed by atoms with Crippen molar-refractivity contribution in [3.63, 3.8) is 0 Å². The molecule has 0 saturated carbocycles. The van der Waals surface area contributed by atoms with Gasteiger partial charge in [0.2, 0.25) is 5.76 Å². The molecule has 116 valence electrons. The molecule has 1 N–H and O–H groups in total. The lowest BCUT2D eigenvalue weighted by Crippen LogP contribution is -2.23. The molecule has 0 saturated heterocycles. The summed E-state index contributed by atoms with van der Waals surface area (Å²) in [4.78, 5) is 15.5. The predicted octanol–water partition coefficient (Wildman–Crippen LogP) is 5.02. The van der Waals surface area contributed by atoms with E-state index in [9.17, 15) is 4.79 Å². The van der Waals surface area contributed by atoms with Crippen molar-refractivity contribution in [3.8, 4) is 0 Å². The molecule has 0 unspecified atom stereocenters. The molecule has 4 rings (SSSR count). The number of carbonyl (C=O) groups is 1. The van der Waals surface area contributed by atoms with Gasteiger partial charge >= 0.3 is 5.97 Å². The molecular weight excluding hydrogens is 290 g/mol. The van der Waals surface area contributed by atoms with Gasteiger partial charge in [-0.15, -0.1) is 0 Å². The molecule has 0 amide bonds. The van der Waals surface area contributed by atoms with Gasteiger partial charge in [0.25, 0.3) is 0 Å². The van der Waals surface area contributed by atoms with Crippen molar-refractivity contribution in [2.45, 2.75) is 26.4 Å². The molecule has 4 aromatic rings. The van der Waals surface area contributed by atoms with Gasteiger partial charge in [0.1, 0.15) is 11.2 Å². The molecule has 2 aromatic carbocycles. The molecular formula is C19H17NO3. The molecule has 0 aliphatic carbocycles. The van der Waals surface area contributed by atoms with E-state index in [1.165, 1.54) is 0 Å². The van der Waals surface area contributed by atoms with Crippen LogP contribution in [0.5, 0.6) is 0 Å². The Morgan fingerprint density at radius 1 is 1.04 bits per heavy atom. The van der Waals surface area contributed by atoms with E-state index in [0.29, 0.717) is 5.58 Å². The molecule has 0 aliphatic rings. The summed E-state index contributed by atoms with van der Waals surface area (Å²) in [7, 11) is 0. The number of furan rings is 1. The zero-order chi connectivity index (χ0) is 16.2. The molecule has 4 heteroatoms. The minimum atomic E-state index is -0.543. The number of fused-ring (bicyclic) bond motifs is 4. The molecule has 4 nitrogen and oxygen atoms in total. The number of para-hydroxylation sites is 1. The fraction of sp³-hybridized carbons (Fsp3) is 0.211. The monoisotopic (exact) mass is 307 g/mol. The average Bonchev–Trinajstić information content (AvgIpc) is 3.03. The molecule has 23 heavy (non-hydrogen) atoms. The lowest BCUT2D eigenvalue weighted by Gasteiger charge is -2.18. The number of H-pyrrole nitrogens is 1. The number of hydrogen-bond acceptors (Lipinski definition) is 3. The summed E-state index contributed by atoms with van der Waals surface area (Å²) in [5.41, 5.74) is 2.20. The van der Waals surface area contributed by atoms with Gasteiger partial charge in [-0.2, -0.15) is 0 Å². The van der Waals surface area contributed by atoms with E-state index in [0.717, 1.165) is 27.2 Å². The SMILES string of the molecule is CC(C)(C)OC(=O)c1cc2cc3c(cc2o1)[nH]c1ccccc13.